The van der Waals surface area contributed by atoms with E-state index in [1.54, 1.807) is 0 Å². The van der Waals surface area contributed by atoms with Crippen molar-refractivity contribution >= 4 is 0 Å². The standard InChI is InChI=1S/C2H4F.CF4.2CH2F2.CH4FN.CH3F.CH4.2H2O.2Ti/c1-2-3;2-1(3,4)5;3*2-1-3;1-2;;;;;/h1-2H2;;2*1H2;1,3H2;1H3;1H4;2*1H2;;/q-1;;;;;;;;;;+2. The van der Waals surface area contributed by atoms with Crippen molar-refractivity contribution in [3.63, 3.8) is 0 Å². The van der Waals surface area contributed by atoms with Crippen LogP contribution in [0.1, 0.15) is 7.43 Å². The Morgan fingerprint density at radius 3 is 0.792 bits per heavy atom. The molecule has 0 aromatic rings. The monoisotopic (exact) mass is 470 g/mol. The van der Waals surface area contributed by atoms with E-state index in [2.05, 4.69) is 12.7 Å². The molecule has 6 N–H and O–H groups in total. The van der Waals surface area contributed by atoms with Crippen molar-refractivity contribution in [1.29, 1.82) is 0 Å². The van der Waals surface area contributed by atoms with Gasteiger partial charge in [0.25, 0.3) is 0 Å². The van der Waals surface area contributed by atoms with Crippen LogP contribution in [0.2, 0.25) is 0 Å². The first-order valence-corrected chi connectivity index (χ1v) is 3.65. The molecule has 0 aliphatic rings. The molecule has 0 aliphatic heterocycles. The Kier molecular flexibility index (Phi) is 333. The first kappa shape index (κ1) is 74.2. The molecule has 3 nitrogen and oxygen atoms in total. The van der Waals surface area contributed by atoms with Gasteiger partial charge >= 0.3 is 28.1 Å². The SMILES string of the molecule is C.CF.FC(F)(F)F.FCF.FCF.NCF.O.O.[CH2-]CF.[Ti+2].[Ti]. The summed E-state index contributed by atoms with van der Waals surface area (Å²) in [6.45, 7) is -1.93. The smallest absolute Gasteiger partial charge is 0.412 e. The van der Waals surface area contributed by atoms with E-state index in [9.17, 15) is 48.3 Å². The molecule has 24 heavy (non-hydrogen) atoms. The molecule has 0 aliphatic carbocycles. The van der Waals surface area contributed by atoms with Crippen LogP contribution in [-0.4, -0.2) is 51.9 Å². The second-order valence-corrected chi connectivity index (χ2v) is 0.974. The summed E-state index contributed by atoms with van der Waals surface area (Å²) in [6.07, 6.45) is -5.50. The Balaban J connectivity index is -0.00000000920. The van der Waals surface area contributed by atoms with Gasteiger partial charge in [-0.05, 0) is 6.67 Å². The van der Waals surface area contributed by atoms with Gasteiger partial charge in [0, 0.05) is 21.7 Å². The van der Waals surface area contributed by atoms with E-state index in [1.807, 2.05) is 0 Å². The summed E-state index contributed by atoms with van der Waals surface area (Å²) in [5, 5.41) is 0. The van der Waals surface area contributed by atoms with Gasteiger partial charge in [0.2, 0.25) is 13.9 Å². The molecule has 0 unspecified atom stereocenters. The average Bonchev–Trinajstić information content (AvgIpc) is 2.22. The summed E-state index contributed by atoms with van der Waals surface area (Å²) >= 11 is 0. The quantitative estimate of drug-likeness (QED) is 0.250. The van der Waals surface area contributed by atoms with Gasteiger partial charge in [-0.3, -0.25) is 8.78 Å². The van der Waals surface area contributed by atoms with Crippen LogP contribution in [0.3, 0.4) is 0 Å². The summed E-state index contributed by atoms with van der Waals surface area (Å²) < 4.78 is 107. The van der Waals surface area contributed by atoms with Crippen LogP contribution in [0.5, 0.6) is 0 Å². The second kappa shape index (κ2) is 108. The Morgan fingerprint density at radius 1 is 0.792 bits per heavy atom. The third-order valence-electron chi connectivity index (χ3n) is 0. The second-order valence-electron chi connectivity index (χ2n) is 0.974. The molecule has 0 aromatic carbocycles. The van der Waals surface area contributed by atoms with Crippen LogP contribution >= 0.6 is 0 Å². The number of hydrogen-bond donors (Lipinski definition) is 1. The van der Waals surface area contributed by atoms with Crippen molar-refractivity contribution in [3.8, 4) is 0 Å². The van der Waals surface area contributed by atoms with Crippen molar-refractivity contribution in [2.24, 2.45) is 5.73 Å². The number of nitrogens with two attached hydrogens (primary N) is 1. The minimum atomic E-state index is -5.50. The van der Waals surface area contributed by atoms with Gasteiger partial charge in [0.15, 0.2) is 0 Å². The molecular weight excluding hydrogens is 447 g/mol. The summed E-state index contributed by atoms with van der Waals surface area (Å²) in [6, 6.07) is 0. The molecule has 0 spiro atoms. The van der Waals surface area contributed by atoms with Crippen LogP contribution < -0.4 is 5.73 Å². The topological polar surface area (TPSA) is 89.0 Å². The van der Waals surface area contributed by atoms with Gasteiger partial charge in [-0.2, -0.15) is 0 Å². The molecule has 0 radical (unpaired) electrons. The average molecular weight is 470 g/mol. The largest absolute Gasteiger partial charge is 2.00 e. The van der Waals surface area contributed by atoms with Crippen molar-refractivity contribution in [1.82, 2.24) is 0 Å². The van der Waals surface area contributed by atoms with E-state index in [-0.39, 0.29) is 61.8 Å². The van der Waals surface area contributed by atoms with Crippen LogP contribution in [-0.2, 0) is 43.4 Å². The molecule has 16 heteroatoms. The molecule has 0 bridgehead atoms. The zero-order valence-electron chi connectivity index (χ0n) is 11.8. The van der Waals surface area contributed by atoms with E-state index in [1.165, 1.54) is 0 Å². The Morgan fingerprint density at radius 2 is 0.792 bits per heavy atom. The summed E-state index contributed by atoms with van der Waals surface area (Å²) in [5.74, 6) is 0. The predicted octanol–water partition coefficient (Wildman–Crippen LogP) is 3.47. The number of rotatable bonds is 0. The summed E-state index contributed by atoms with van der Waals surface area (Å²) in [4.78, 5) is 0. The molecule has 0 aromatic heterocycles. The van der Waals surface area contributed by atoms with Gasteiger partial charge in [0.05, 0.1) is 7.18 Å². The van der Waals surface area contributed by atoms with Crippen molar-refractivity contribution in [2.45, 2.75) is 13.9 Å². The normalized spacial score (nSPS) is 5.75. The van der Waals surface area contributed by atoms with Gasteiger partial charge in [-0.25, -0.2) is 22.0 Å². The Hall–Kier alpha value is 0.539. The molecule has 156 valence electrons. The summed E-state index contributed by atoms with van der Waals surface area (Å²) in [5.41, 5.74) is 4.18. The molecular formula is C8H23F11NO2Ti2+. The van der Waals surface area contributed by atoms with E-state index < -0.39 is 33.8 Å². The fourth-order valence-corrected chi connectivity index (χ4v) is 0. The first-order chi connectivity index (χ1) is 8.66. The maximum absolute atomic E-state index is 10.2. The van der Waals surface area contributed by atoms with E-state index in [0.717, 1.165) is 0 Å². The fourth-order valence-electron chi connectivity index (χ4n) is 0. The number of hydrogen-bond acceptors (Lipinski definition) is 1. The van der Waals surface area contributed by atoms with Crippen molar-refractivity contribution in [2.75, 3.05) is 34.5 Å². The molecule has 0 fully saturated rings. The molecule has 0 saturated heterocycles. The predicted molar refractivity (Wildman–Crippen MR) is 63.8 cm³/mol. The minimum Gasteiger partial charge on any atom is -0.412 e. The Bertz CT molecular complexity index is 86.9. The minimum absolute atomic E-state index is 0. The van der Waals surface area contributed by atoms with E-state index in [0.29, 0.717) is 7.18 Å². The van der Waals surface area contributed by atoms with Crippen LogP contribution in [0.25, 0.3) is 0 Å². The third-order valence-corrected chi connectivity index (χ3v) is 0. The van der Waals surface area contributed by atoms with E-state index in [4.69, 9.17) is 0 Å². The van der Waals surface area contributed by atoms with Crippen LogP contribution in [0, 0.1) is 6.92 Å². The van der Waals surface area contributed by atoms with Gasteiger partial charge < -0.3 is 23.6 Å². The van der Waals surface area contributed by atoms with Crippen molar-refractivity contribution < 1.29 is 103 Å². The molecule has 0 saturated carbocycles. The van der Waals surface area contributed by atoms with Crippen molar-refractivity contribution in [3.05, 3.63) is 6.92 Å². The number of alkyl halides is 11. The zero-order chi connectivity index (χ0) is 17.3. The zero-order valence-corrected chi connectivity index (χ0v) is 14.9. The van der Waals surface area contributed by atoms with Crippen LogP contribution in [0.4, 0.5) is 48.3 Å². The summed E-state index contributed by atoms with van der Waals surface area (Å²) in [7, 11) is 0.500. The van der Waals surface area contributed by atoms with Gasteiger partial charge in [-0.15, -0.1) is 17.6 Å². The molecule has 0 amide bonds. The molecule has 0 rings (SSSR count). The fraction of sp³-hybridized carbons (Fsp3) is 0.875. The van der Waals surface area contributed by atoms with Crippen LogP contribution in [0.15, 0.2) is 0 Å². The van der Waals surface area contributed by atoms with Gasteiger partial charge in [-0.1, -0.05) is 7.43 Å². The maximum atomic E-state index is 10.2. The molecule has 0 heterocycles. The Labute approximate surface area is 163 Å². The van der Waals surface area contributed by atoms with E-state index >= 15 is 0 Å². The number of halogens is 11. The maximum Gasteiger partial charge on any atom is 2.00 e. The first-order valence-electron chi connectivity index (χ1n) is 3.65. The molecule has 0 atom stereocenters. The van der Waals surface area contributed by atoms with Gasteiger partial charge in [0.1, 0.15) is 6.80 Å². The third kappa shape index (κ3) is 36000.